The molecule has 0 N–H and O–H groups in total. The normalized spacial score (nSPS) is 23.5. The summed E-state index contributed by atoms with van der Waals surface area (Å²) in [6.45, 7) is 7.72. The molecule has 0 aromatic rings. The van der Waals surface area contributed by atoms with Gasteiger partial charge < -0.3 is 4.74 Å². The molecule has 0 radical (unpaired) electrons. The Bertz CT molecular complexity index is 117. The van der Waals surface area contributed by atoms with E-state index in [9.17, 15) is 0 Å². The summed E-state index contributed by atoms with van der Waals surface area (Å²) >= 11 is 0. The Hall–Kier alpha value is 0.570. The minimum Gasteiger partial charge on any atom is -0.382 e. The molecule has 0 saturated carbocycles. The van der Waals surface area contributed by atoms with E-state index in [1.165, 1.54) is 12.8 Å². The first-order valence-corrected chi connectivity index (χ1v) is 3.87. The second-order valence-corrected chi connectivity index (χ2v) is 2.99. The summed E-state index contributed by atoms with van der Waals surface area (Å²) in [5.74, 6) is 0.631. The molecule has 0 amide bonds. The average Bonchev–Trinajstić information content (AvgIpc) is 1.88. The monoisotopic (exact) mass is 162 g/mol. The summed E-state index contributed by atoms with van der Waals surface area (Å²) in [7, 11) is 0. The van der Waals surface area contributed by atoms with Gasteiger partial charge in [0.2, 0.25) is 0 Å². The van der Waals surface area contributed by atoms with Crippen molar-refractivity contribution < 1.29 is 34.3 Å². The number of hydrogen-bond donors (Lipinski definition) is 0. The summed E-state index contributed by atoms with van der Waals surface area (Å²) in [4.78, 5) is 0. The number of hydrogen-bond acceptors (Lipinski definition) is 1. The van der Waals surface area contributed by atoms with Gasteiger partial charge in [-0.05, 0) is 6.42 Å². The molecule has 1 fully saturated rings. The maximum Gasteiger partial charge on any atom is 1.00 e. The molecule has 1 aliphatic rings. The zero-order valence-electron chi connectivity index (χ0n) is 7.60. The number of allylic oxidation sites excluding steroid dienone is 1. The van der Waals surface area contributed by atoms with E-state index >= 15 is 0 Å². The van der Waals surface area contributed by atoms with Crippen molar-refractivity contribution in [3.8, 4) is 0 Å². The van der Waals surface area contributed by atoms with E-state index in [0.29, 0.717) is 5.92 Å². The van der Waals surface area contributed by atoms with Crippen molar-refractivity contribution in [3.05, 3.63) is 18.6 Å². The predicted octanol–water partition coefficient (Wildman–Crippen LogP) is -0.803. The van der Waals surface area contributed by atoms with Crippen molar-refractivity contribution in [2.24, 2.45) is 5.92 Å². The van der Waals surface area contributed by atoms with Crippen molar-refractivity contribution in [1.82, 2.24) is 0 Å². The van der Waals surface area contributed by atoms with Gasteiger partial charge in [-0.25, -0.2) is 18.6 Å². The molecule has 11 heavy (non-hydrogen) atoms. The van der Waals surface area contributed by atoms with Gasteiger partial charge in [-0.1, -0.05) is 19.3 Å². The molecule has 1 heterocycles. The summed E-state index contributed by atoms with van der Waals surface area (Å²) < 4.78 is 5.31. The number of rotatable bonds is 2. The molecule has 0 spiro atoms. The van der Waals surface area contributed by atoms with Gasteiger partial charge >= 0.3 is 29.6 Å². The number of ether oxygens (including phenoxy) is 1. The second kappa shape index (κ2) is 6.13. The minimum absolute atomic E-state index is 0. The summed E-state index contributed by atoms with van der Waals surface area (Å²) in [6, 6.07) is 0. The van der Waals surface area contributed by atoms with Crippen LogP contribution < -0.4 is 29.6 Å². The van der Waals surface area contributed by atoms with E-state index in [4.69, 9.17) is 4.74 Å². The van der Waals surface area contributed by atoms with Crippen molar-refractivity contribution in [1.29, 1.82) is 0 Å². The largest absolute Gasteiger partial charge is 1.00 e. The molecule has 0 aliphatic carbocycles. The molecular formula is C9H15NaO. The zero-order chi connectivity index (χ0) is 7.40. The van der Waals surface area contributed by atoms with Crippen LogP contribution in [0.15, 0.2) is 12.2 Å². The molecule has 0 bridgehead atoms. The molecule has 1 rings (SSSR count). The van der Waals surface area contributed by atoms with Crippen LogP contribution in [0.4, 0.5) is 0 Å². The van der Waals surface area contributed by atoms with Crippen LogP contribution in [-0.4, -0.2) is 13.2 Å². The molecule has 0 aromatic carbocycles. The molecule has 1 saturated heterocycles. The summed E-state index contributed by atoms with van der Waals surface area (Å²) in [5.41, 5.74) is 1.16. The molecular weight excluding hydrogens is 147 g/mol. The van der Waals surface area contributed by atoms with Gasteiger partial charge in [-0.2, -0.15) is 0 Å². The van der Waals surface area contributed by atoms with Crippen molar-refractivity contribution in [2.45, 2.75) is 19.8 Å². The average molecular weight is 162 g/mol. The molecule has 2 heteroatoms. The minimum atomic E-state index is 0. The molecule has 1 unspecified atom stereocenters. The summed E-state index contributed by atoms with van der Waals surface area (Å²) in [5, 5.41) is 0. The van der Waals surface area contributed by atoms with Crippen LogP contribution in [0.2, 0.25) is 0 Å². The van der Waals surface area contributed by atoms with Gasteiger partial charge in [0, 0.05) is 13.2 Å². The Morgan fingerprint density at radius 1 is 1.64 bits per heavy atom. The fraction of sp³-hybridized carbons (Fsp3) is 0.667. The Morgan fingerprint density at radius 3 is 2.82 bits per heavy atom. The maximum absolute atomic E-state index is 5.31. The van der Waals surface area contributed by atoms with Crippen molar-refractivity contribution in [3.63, 3.8) is 0 Å². The third-order valence-corrected chi connectivity index (χ3v) is 1.72. The van der Waals surface area contributed by atoms with E-state index in [1.807, 2.05) is 6.92 Å². The van der Waals surface area contributed by atoms with Gasteiger partial charge in [0.05, 0.1) is 0 Å². The van der Waals surface area contributed by atoms with E-state index in [-0.39, 0.29) is 29.6 Å². The molecule has 58 valence electrons. The van der Waals surface area contributed by atoms with E-state index < -0.39 is 0 Å². The van der Waals surface area contributed by atoms with Crippen molar-refractivity contribution in [2.75, 3.05) is 13.2 Å². The fourth-order valence-electron chi connectivity index (χ4n) is 1.30. The van der Waals surface area contributed by atoms with E-state index in [0.717, 1.165) is 18.8 Å². The first-order chi connectivity index (χ1) is 4.79. The fourth-order valence-corrected chi connectivity index (χ4v) is 1.30. The Morgan fingerprint density at radius 2 is 2.36 bits per heavy atom. The summed E-state index contributed by atoms with van der Waals surface area (Å²) in [6.07, 6.45) is 4.68. The van der Waals surface area contributed by atoms with Gasteiger partial charge in [0.25, 0.3) is 0 Å². The third kappa shape index (κ3) is 4.91. The maximum atomic E-state index is 5.31. The third-order valence-electron chi connectivity index (χ3n) is 1.72. The van der Waals surface area contributed by atoms with Gasteiger partial charge in [-0.15, -0.1) is 0 Å². The molecule has 1 aliphatic heterocycles. The van der Waals surface area contributed by atoms with Crippen molar-refractivity contribution >= 4 is 0 Å². The van der Waals surface area contributed by atoms with Crippen LogP contribution in [0.1, 0.15) is 19.8 Å². The topological polar surface area (TPSA) is 9.23 Å². The van der Waals surface area contributed by atoms with Crippen LogP contribution in [-0.2, 0) is 4.74 Å². The van der Waals surface area contributed by atoms with E-state index in [1.54, 1.807) is 0 Å². The molecule has 0 aromatic heterocycles. The Labute approximate surface area is 91.5 Å². The first kappa shape index (κ1) is 11.6. The van der Waals surface area contributed by atoms with Crippen LogP contribution in [0.25, 0.3) is 0 Å². The molecule has 1 nitrogen and oxygen atoms in total. The molecule has 1 atom stereocenters. The van der Waals surface area contributed by atoms with Crippen LogP contribution in [0.5, 0.6) is 0 Å². The first-order valence-electron chi connectivity index (χ1n) is 3.87. The van der Waals surface area contributed by atoms with E-state index in [2.05, 4.69) is 13.0 Å². The second-order valence-electron chi connectivity index (χ2n) is 2.99. The standard InChI is InChI=1S/C9H15O.Na/c1-8(2)6-9-4-3-5-10-7-9;/h6,9H,1,3-5,7H2,2H3;/q-1;+1. The van der Waals surface area contributed by atoms with Crippen LogP contribution in [0.3, 0.4) is 0 Å². The van der Waals surface area contributed by atoms with Crippen LogP contribution >= 0.6 is 0 Å². The quantitative estimate of drug-likeness (QED) is 0.381. The predicted molar refractivity (Wildman–Crippen MR) is 42.7 cm³/mol. The SMILES string of the molecule is C=C(C)[CH-]C1CCCOC1.[Na+]. The van der Waals surface area contributed by atoms with Gasteiger partial charge in [0.1, 0.15) is 0 Å². The van der Waals surface area contributed by atoms with Gasteiger partial charge in [-0.3, -0.25) is 0 Å². The van der Waals surface area contributed by atoms with Gasteiger partial charge in [0.15, 0.2) is 0 Å². The Kier molecular flexibility index (Phi) is 6.44. The van der Waals surface area contributed by atoms with Crippen LogP contribution in [0, 0.1) is 12.3 Å². The Balaban J connectivity index is 0.000001000. The zero-order valence-corrected chi connectivity index (χ0v) is 9.60. The smallest absolute Gasteiger partial charge is 0.382 e.